The van der Waals surface area contributed by atoms with Crippen LogP contribution in [0.4, 0.5) is 5.69 Å². The monoisotopic (exact) mass is 319 g/mol. The number of hydrogen-bond donors (Lipinski definition) is 1. The van der Waals surface area contributed by atoms with Crippen LogP contribution in [0.1, 0.15) is 41.4 Å². The zero-order valence-electron chi connectivity index (χ0n) is 14.3. The van der Waals surface area contributed by atoms with Gasteiger partial charge in [0.15, 0.2) is 0 Å². The van der Waals surface area contributed by atoms with Crippen LogP contribution in [0.3, 0.4) is 0 Å². The fourth-order valence-electron chi connectivity index (χ4n) is 3.07. The van der Waals surface area contributed by atoms with Crippen molar-refractivity contribution in [3.63, 3.8) is 0 Å². The first-order valence-corrected chi connectivity index (χ1v) is 8.18. The van der Waals surface area contributed by atoms with Crippen LogP contribution in [-0.2, 0) is 4.79 Å². The van der Waals surface area contributed by atoms with Crippen molar-refractivity contribution >= 4 is 17.7 Å². The van der Waals surface area contributed by atoms with Crippen LogP contribution in [0.2, 0.25) is 0 Å². The Morgan fingerprint density at radius 1 is 1.29 bits per heavy atom. The van der Waals surface area contributed by atoms with Crippen LogP contribution in [0.15, 0.2) is 35.9 Å². The predicted octanol–water partition coefficient (Wildman–Crippen LogP) is 4.29. The average Bonchev–Trinajstić information content (AvgIpc) is 3.31. The fourth-order valence-corrected chi connectivity index (χ4v) is 3.07. The summed E-state index contributed by atoms with van der Waals surface area (Å²) in [6.07, 6.45) is 4.10. The summed E-state index contributed by atoms with van der Waals surface area (Å²) in [5, 5.41) is 12.2. The number of benzene rings is 1. The minimum absolute atomic E-state index is 0.118. The highest BCUT2D eigenvalue weighted by Gasteiger charge is 2.26. The molecule has 1 aromatic carbocycles. The zero-order valence-corrected chi connectivity index (χ0v) is 14.3. The molecule has 1 aromatic heterocycles. The normalized spacial score (nSPS) is 14.3. The van der Waals surface area contributed by atoms with E-state index < -0.39 is 0 Å². The lowest BCUT2D eigenvalue weighted by Gasteiger charge is -2.07. The Kier molecular flexibility index (Phi) is 4.26. The molecule has 0 radical (unpaired) electrons. The van der Waals surface area contributed by atoms with Gasteiger partial charge in [-0.15, -0.1) is 0 Å². The molecule has 1 heterocycles. The molecule has 1 aliphatic carbocycles. The van der Waals surface area contributed by atoms with Crippen molar-refractivity contribution in [3.05, 3.63) is 58.4 Å². The van der Waals surface area contributed by atoms with Crippen LogP contribution in [0.25, 0.3) is 6.08 Å². The molecule has 0 bridgehead atoms. The third kappa shape index (κ3) is 3.26. The Labute approximate surface area is 142 Å². The lowest BCUT2D eigenvalue weighted by molar-refractivity contribution is -0.112. The van der Waals surface area contributed by atoms with Crippen molar-refractivity contribution in [1.29, 1.82) is 5.26 Å². The molecule has 122 valence electrons. The van der Waals surface area contributed by atoms with Gasteiger partial charge in [-0.25, -0.2) is 0 Å². The summed E-state index contributed by atoms with van der Waals surface area (Å²) >= 11 is 0. The number of rotatable bonds is 4. The lowest BCUT2D eigenvalue weighted by atomic mass is 10.1. The number of carbonyl (C=O) groups is 1. The van der Waals surface area contributed by atoms with Gasteiger partial charge in [0.25, 0.3) is 5.91 Å². The van der Waals surface area contributed by atoms with Crippen molar-refractivity contribution in [2.75, 3.05) is 5.32 Å². The van der Waals surface area contributed by atoms with Crippen molar-refractivity contribution in [3.8, 4) is 6.07 Å². The van der Waals surface area contributed by atoms with E-state index in [9.17, 15) is 10.1 Å². The number of aryl methyl sites for hydroxylation is 2. The SMILES string of the molecule is Cc1cccc(NC(=O)/C(C#N)=C/c2cc(C)n(C3CC3)c2C)c1. The Hall–Kier alpha value is -2.80. The first-order valence-electron chi connectivity index (χ1n) is 8.18. The molecule has 0 saturated heterocycles. The number of amides is 1. The third-order valence-electron chi connectivity index (χ3n) is 4.38. The molecule has 1 aliphatic rings. The van der Waals surface area contributed by atoms with Gasteiger partial charge in [0.2, 0.25) is 0 Å². The second kappa shape index (κ2) is 6.37. The number of nitrogens with one attached hydrogen (secondary N) is 1. The van der Waals surface area contributed by atoms with E-state index in [0.717, 1.165) is 16.8 Å². The summed E-state index contributed by atoms with van der Waals surface area (Å²) in [6.45, 7) is 6.08. The summed E-state index contributed by atoms with van der Waals surface area (Å²) < 4.78 is 2.30. The standard InChI is InChI=1S/C20H21N3O/c1-13-5-4-6-18(9-13)22-20(24)17(12-21)11-16-10-14(2)23(15(16)3)19-7-8-19/h4-6,9-11,19H,7-8H2,1-3H3,(H,22,24)/b17-11+. The van der Waals surface area contributed by atoms with Crippen LogP contribution in [0.5, 0.6) is 0 Å². The number of hydrogen-bond acceptors (Lipinski definition) is 2. The van der Waals surface area contributed by atoms with Crippen molar-refractivity contribution in [2.45, 2.75) is 39.7 Å². The number of aromatic nitrogens is 1. The molecule has 1 amide bonds. The molecule has 2 aromatic rings. The number of nitriles is 1. The molecular weight excluding hydrogens is 298 g/mol. The van der Waals surface area contributed by atoms with Gasteiger partial charge >= 0.3 is 0 Å². The number of carbonyl (C=O) groups excluding carboxylic acids is 1. The predicted molar refractivity (Wildman–Crippen MR) is 95.6 cm³/mol. The van der Waals surface area contributed by atoms with E-state index >= 15 is 0 Å². The summed E-state index contributed by atoms with van der Waals surface area (Å²) in [6, 6.07) is 12.2. The molecule has 1 N–H and O–H groups in total. The molecule has 1 saturated carbocycles. The van der Waals surface area contributed by atoms with E-state index in [1.54, 1.807) is 6.08 Å². The van der Waals surface area contributed by atoms with Crippen molar-refractivity contribution in [1.82, 2.24) is 4.57 Å². The second-order valence-electron chi connectivity index (χ2n) is 6.42. The highest BCUT2D eigenvalue weighted by Crippen LogP contribution is 2.38. The average molecular weight is 319 g/mol. The van der Waals surface area contributed by atoms with Gasteiger partial charge in [0.05, 0.1) is 0 Å². The molecule has 4 heteroatoms. The van der Waals surface area contributed by atoms with Crippen LogP contribution in [-0.4, -0.2) is 10.5 Å². The quantitative estimate of drug-likeness (QED) is 0.675. The molecule has 1 fully saturated rings. The maximum Gasteiger partial charge on any atom is 0.266 e. The minimum atomic E-state index is -0.376. The largest absolute Gasteiger partial charge is 0.346 e. The highest BCUT2D eigenvalue weighted by atomic mass is 16.1. The first kappa shape index (κ1) is 16.1. The van der Waals surface area contributed by atoms with E-state index in [4.69, 9.17) is 0 Å². The van der Waals surface area contributed by atoms with Gasteiger partial charge in [-0.1, -0.05) is 12.1 Å². The summed E-state index contributed by atoms with van der Waals surface area (Å²) in [4.78, 5) is 12.4. The van der Waals surface area contributed by atoms with Crippen LogP contribution >= 0.6 is 0 Å². The molecule has 0 atom stereocenters. The Balaban J connectivity index is 1.86. The van der Waals surface area contributed by atoms with Gasteiger partial charge in [-0.2, -0.15) is 5.26 Å². The minimum Gasteiger partial charge on any atom is -0.346 e. The third-order valence-corrected chi connectivity index (χ3v) is 4.38. The molecule has 24 heavy (non-hydrogen) atoms. The second-order valence-corrected chi connectivity index (χ2v) is 6.42. The van der Waals surface area contributed by atoms with E-state index in [1.165, 1.54) is 18.5 Å². The summed E-state index contributed by atoms with van der Waals surface area (Å²) in [7, 11) is 0. The van der Waals surface area contributed by atoms with Crippen LogP contribution in [0, 0.1) is 32.1 Å². The van der Waals surface area contributed by atoms with E-state index in [-0.39, 0.29) is 11.5 Å². The number of anilines is 1. The topological polar surface area (TPSA) is 57.8 Å². The summed E-state index contributed by atoms with van der Waals surface area (Å²) in [5.74, 6) is -0.376. The molecule has 4 nitrogen and oxygen atoms in total. The van der Waals surface area contributed by atoms with Gasteiger partial charge in [0, 0.05) is 23.1 Å². The zero-order chi connectivity index (χ0) is 17.3. The van der Waals surface area contributed by atoms with Gasteiger partial charge in [-0.05, 0) is 69.0 Å². The van der Waals surface area contributed by atoms with Gasteiger partial charge in [0.1, 0.15) is 11.6 Å². The van der Waals surface area contributed by atoms with Crippen LogP contribution < -0.4 is 5.32 Å². The van der Waals surface area contributed by atoms with Crippen molar-refractivity contribution < 1.29 is 4.79 Å². The first-order chi connectivity index (χ1) is 11.5. The highest BCUT2D eigenvalue weighted by molar-refractivity contribution is 6.09. The molecular formula is C20H21N3O. The molecule has 0 unspecified atom stereocenters. The van der Waals surface area contributed by atoms with Crippen molar-refractivity contribution in [2.24, 2.45) is 0 Å². The van der Waals surface area contributed by atoms with E-state index in [2.05, 4.69) is 16.8 Å². The maximum absolute atomic E-state index is 12.4. The van der Waals surface area contributed by atoms with Gasteiger partial charge in [-0.3, -0.25) is 4.79 Å². The molecule has 3 rings (SSSR count). The number of nitrogens with zero attached hydrogens (tertiary/aromatic N) is 2. The Bertz CT molecular complexity index is 863. The Morgan fingerprint density at radius 2 is 2.04 bits per heavy atom. The Morgan fingerprint density at radius 3 is 2.67 bits per heavy atom. The molecule has 0 spiro atoms. The van der Waals surface area contributed by atoms with E-state index in [1.807, 2.05) is 50.2 Å². The van der Waals surface area contributed by atoms with E-state index in [0.29, 0.717) is 11.7 Å². The lowest BCUT2D eigenvalue weighted by Crippen LogP contribution is -2.13. The smallest absolute Gasteiger partial charge is 0.266 e. The summed E-state index contributed by atoms with van der Waals surface area (Å²) in [5.41, 5.74) is 5.11. The maximum atomic E-state index is 12.4. The fraction of sp³-hybridized carbons (Fsp3) is 0.300. The van der Waals surface area contributed by atoms with Gasteiger partial charge < -0.3 is 9.88 Å². The molecule has 0 aliphatic heterocycles.